The SMILES string of the molecule is CC[C@H](N)c1ccc(N(CCOC)C(C)COC)cn1. The van der Waals surface area contributed by atoms with E-state index in [4.69, 9.17) is 15.2 Å². The molecule has 1 heterocycles. The summed E-state index contributed by atoms with van der Waals surface area (Å²) in [6, 6.07) is 4.35. The average molecular weight is 281 g/mol. The van der Waals surface area contributed by atoms with Crippen LogP contribution in [-0.4, -0.2) is 45.0 Å². The quantitative estimate of drug-likeness (QED) is 0.750. The fraction of sp³-hybridized carbons (Fsp3) is 0.667. The van der Waals surface area contributed by atoms with Crippen molar-refractivity contribution < 1.29 is 9.47 Å². The molecule has 0 spiro atoms. The molecule has 0 fully saturated rings. The van der Waals surface area contributed by atoms with Gasteiger partial charge < -0.3 is 20.1 Å². The lowest BCUT2D eigenvalue weighted by Crippen LogP contribution is -2.38. The highest BCUT2D eigenvalue weighted by Crippen LogP contribution is 2.19. The zero-order chi connectivity index (χ0) is 15.0. The van der Waals surface area contributed by atoms with Gasteiger partial charge >= 0.3 is 0 Å². The van der Waals surface area contributed by atoms with Gasteiger partial charge in [-0.05, 0) is 25.5 Å². The first-order valence-corrected chi connectivity index (χ1v) is 7.10. The van der Waals surface area contributed by atoms with Crippen LogP contribution in [0.3, 0.4) is 0 Å². The van der Waals surface area contributed by atoms with Crippen molar-refractivity contribution in [2.45, 2.75) is 32.4 Å². The molecule has 20 heavy (non-hydrogen) atoms. The molecule has 0 aliphatic heterocycles. The van der Waals surface area contributed by atoms with Gasteiger partial charge in [-0.2, -0.15) is 0 Å². The van der Waals surface area contributed by atoms with Crippen LogP contribution >= 0.6 is 0 Å². The third kappa shape index (κ3) is 4.74. The Balaban J connectivity index is 2.84. The van der Waals surface area contributed by atoms with Crippen molar-refractivity contribution in [2.75, 3.05) is 38.9 Å². The van der Waals surface area contributed by atoms with Crippen LogP contribution < -0.4 is 10.6 Å². The molecule has 0 amide bonds. The maximum Gasteiger partial charge on any atom is 0.0663 e. The van der Waals surface area contributed by atoms with E-state index in [0.717, 1.165) is 24.3 Å². The molecule has 0 bridgehead atoms. The third-order valence-electron chi connectivity index (χ3n) is 3.40. The van der Waals surface area contributed by atoms with E-state index in [9.17, 15) is 0 Å². The zero-order valence-electron chi connectivity index (χ0n) is 13.0. The largest absolute Gasteiger partial charge is 0.383 e. The molecule has 0 aromatic carbocycles. The van der Waals surface area contributed by atoms with E-state index in [-0.39, 0.29) is 12.1 Å². The highest BCUT2D eigenvalue weighted by Gasteiger charge is 2.15. The minimum Gasteiger partial charge on any atom is -0.383 e. The highest BCUT2D eigenvalue weighted by molar-refractivity contribution is 5.46. The second kappa shape index (κ2) is 8.89. The van der Waals surface area contributed by atoms with Crippen LogP contribution in [0.5, 0.6) is 0 Å². The molecule has 0 aliphatic carbocycles. The molecule has 2 atom stereocenters. The van der Waals surface area contributed by atoms with Crippen LogP contribution in [0.1, 0.15) is 32.0 Å². The summed E-state index contributed by atoms with van der Waals surface area (Å²) in [5, 5.41) is 0. The Morgan fingerprint density at radius 1 is 1.30 bits per heavy atom. The number of ether oxygens (including phenoxy) is 2. The topological polar surface area (TPSA) is 60.6 Å². The van der Waals surface area contributed by atoms with Crippen molar-refractivity contribution >= 4 is 5.69 Å². The summed E-state index contributed by atoms with van der Waals surface area (Å²) in [4.78, 5) is 6.71. The summed E-state index contributed by atoms with van der Waals surface area (Å²) in [6.45, 7) is 6.34. The Morgan fingerprint density at radius 3 is 2.55 bits per heavy atom. The Kier molecular flexibility index (Phi) is 7.51. The van der Waals surface area contributed by atoms with Gasteiger partial charge in [0.05, 0.1) is 30.8 Å². The van der Waals surface area contributed by atoms with Crippen LogP contribution in [0.15, 0.2) is 18.3 Å². The summed E-state index contributed by atoms with van der Waals surface area (Å²) in [7, 11) is 3.42. The van der Waals surface area contributed by atoms with Crippen LogP contribution in [-0.2, 0) is 9.47 Å². The molecule has 2 N–H and O–H groups in total. The van der Waals surface area contributed by atoms with Gasteiger partial charge in [-0.1, -0.05) is 6.92 Å². The monoisotopic (exact) mass is 281 g/mol. The van der Waals surface area contributed by atoms with Gasteiger partial charge in [0.2, 0.25) is 0 Å². The smallest absolute Gasteiger partial charge is 0.0663 e. The summed E-state index contributed by atoms with van der Waals surface area (Å²) >= 11 is 0. The molecular weight excluding hydrogens is 254 g/mol. The second-order valence-corrected chi connectivity index (χ2v) is 4.95. The molecule has 5 heteroatoms. The summed E-state index contributed by atoms with van der Waals surface area (Å²) in [6.07, 6.45) is 2.77. The van der Waals surface area contributed by atoms with E-state index in [0.29, 0.717) is 13.2 Å². The van der Waals surface area contributed by atoms with E-state index in [2.05, 4.69) is 29.8 Å². The van der Waals surface area contributed by atoms with Crippen LogP contribution in [0.2, 0.25) is 0 Å². The summed E-state index contributed by atoms with van der Waals surface area (Å²) < 4.78 is 10.4. The van der Waals surface area contributed by atoms with E-state index in [1.165, 1.54) is 0 Å². The van der Waals surface area contributed by atoms with Gasteiger partial charge in [-0.15, -0.1) is 0 Å². The number of nitrogens with two attached hydrogens (primary N) is 1. The normalized spacial score (nSPS) is 14.1. The second-order valence-electron chi connectivity index (χ2n) is 4.95. The van der Waals surface area contributed by atoms with E-state index < -0.39 is 0 Å². The number of hydrogen-bond donors (Lipinski definition) is 1. The zero-order valence-corrected chi connectivity index (χ0v) is 13.0. The van der Waals surface area contributed by atoms with Crippen molar-refractivity contribution in [1.29, 1.82) is 0 Å². The molecule has 0 radical (unpaired) electrons. The molecule has 114 valence electrons. The van der Waals surface area contributed by atoms with Gasteiger partial charge in [-0.3, -0.25) is 4.98 Å². The van der Waals surface area contributed by atoms with Gasteiger partial charge in [0, 0.05) is 32.8 Å². The molecule has 0 aliphatic rings. The van der Waals surface area contributed by atoms with Crippen molar-refractivity contribution in [3.05, 3.63) is 24.0 Å². The van der Waals surface area contributed by atoms with Gasteiger partial charge in [0.25, 0.3) is 0 Å². The van der Waals surface area contributed by atoms with E-state index in [1.807, 2.05) is 12.3 Å². The molecule has 1 aromatic rings. The van der Waals surface area contributed by atoms with Crippen LogP contribution in [0, 0.1) is 0 Å². The predicted octanol–water partition coefficient (Wildman–Crippen LogP) is 1.98. The number of nitrogens with zero attached hydrogens (tertiary/aromatic N) is 2. The molecule has 1 aromatic heterocycles. The fourth-order valence-electron chi connectivity index (χ4n) is 2.12. The minimum absolute atomic E-state index is 0.00729. The standard InChI is InChI=1S/C15H27N3O2/c1-5-14(16)15-7-6-13(10-17-15)18(8-9-19-3)12(2)11-20-4/h6-7,10,12,14H,5,8-9,11,16H2,1-4H3/t12?,14-/m0/s1. The number of hydrogen-bond acceptors (Lipinski definition) is 5. The lowest BCUT2D eigenvalue weighted by molar-refractivity contribution is 0.171. The lowest BCUT2D eigenvalue weighted by Gasteiger charge is -2.30. The summed E-state index contributed by atoms with van der Waals surface area (Å²) in [5.41, 5.74) is 7.99. The number of aromatic nitrogens is 1. The first-order chi connectivity index (χ1) is 9.63. The Labute approximate surface area is 122 Å². The average Bonchev–Trinajstić information content (AvgIpc) is 2.48. The molecule has 0 saturated heterocycles. The Bertz CT molecular complexity index is 370. The van der Waals surface area contributed by atoms with E-state index in [1.54, 1.807) is 14.2 Å². The number of pyridine rings is 1. The maximum atomic E-state index is 5.99. The number of methoxy groups -OCH3 is 2. The van der Waals surface area contributed by atoms with Crippen molar-refractivity contribution in [3.63, 3.8) is 0 Å². The molecule has 5 nitrogen and oxygen atoms in total. The Hall–Kier alpha value is -1.17. The van der Waals surface area contributed by atoms with Crippen LogP contribution in [0.4, 0.5) is 5.69 Å². The van der Waals surface area contributed by atoms with Gasteiger partial charge in [0.1, 0.15) is 0 Å². The number of rotatable bonds is 9. The van der Waals surface area contributed by atoms with Gasteiger partial charge in [0.15, 0.2) is 0 Å². The molecule has 0 saturated carbocycles. The first-order valence-electron chi connectivity index (χ1n) is 7.10. The first kappa shape index (κ1) is 16.9. The molecule has 1 rings (SSSR count). The molecule has 1 unspecified atom stereocenters. The minimum atomic E-state index is 0.00729. The van der Waals surface area contributed by atoms with Crippen molar-refractivity contribution in [2.24, 2.45) is 5.73 Å². The highest BCUT2D eigenvalue weighted by atomic mass is 16.5. The maximum absolute atomic E-state index is 5.99. The lowest BCUT2D eigenvalue weighted by atomic mass is 10.1. The Morgan fingerprint density at radius 2 is 2.05 bits per heavy atom. The van der Waals surface area contributed by atoms with Gasteiger partial charge in [-0.25, -0.2) is 0 Å². The molecular formula is C15H27N3O2. The van der Waals surface area contributed by atoms with E-state index >= 15 is 0 Å². The fourth-order valence-corrected chi connectivity index (χ4v) is 2.12. The predicted molar refractivity (Wildman–Crippen MR) is 82.0 cm³/mol. The summed E-state index contributed by atoms with van der Waals surface area (Å²) in [5.74, 6) is 0. The van der Waals surface area contributed by atoms with Crippen molar-refractivity contribution in [3.8, 4) is 0 Å². The third-order valence-corrected chi connectivity index (χ3v) is 3.40. The number of anilines is 1. The van der Waals surface area contributed by atoms with Crippen LogP contribution in [0.25, 0.3) is 0 Å². The van der Waals surface area contributed by atoms with Crippen molar-refractivity contribution in [1.82, 2.24) is 4.98 Å².